The van der Waals surface area contributed by atoms with Crippen molar-refractivity contribution in [2.24, 2.45) is 0 Å². The zero-order valence-corrected chi connectivity index (χ0v) is 20.2. The van der Waals surface area contributed by atoms with Gasteiger partial charge in [-0.1, -0.05) is 53.0 Å². The minimum atomic E-state index is -0.531. The molecular formula is C25H19Cl3N6. The molecule has 1 unspecified atom stereocenters. The molecule has 0 fully saturated rings. The van der Waals surface area contributed by atoms with Crippen molar-refractivity contribution < 1.29 is 0 Å². The second kappa shape index (κ2) is 10.2. The van der Waals surface area contributed by atoms with E-state index in [0.29, 0.717) is 43.6 Å². The minimum absolute atomic E-state index is 0.341. The van der Waals surface area contributed by atoms with Crippen LogP contribution in [-0.4, -0.2) is 9.97 Å². The first-order valence-corrected chi connectivity index (χ1v) is 11.3. The maximum Gasteiger partial charge on any atom is 0.159 e. The molecule has 0 spiro atoms. The third kappa shape index (κ3) is 5.18. The zero-order valence-electron chi connectivity index (χ0n) is 18.0. The lowest BCUT2D eigenvalue weighted by Gasteiger charge is -2.17. The lowest BCUT2D eigenvalue weighted by molar-refractivity contribution is 1.03. The van der Waals surface area contributed by atoms with Gasteiger partial charge in [-0.15, -0.1) is 0 Å². The molecule has 170 valence electrons. The molecule has 0 saturated heterocycles. The molecule has 0 aliphatic carbocycles. The SMILES string of the molecule is Cc1cc(C(C#N)c2ccc(Cl)cc2)c(Cl)cc1Nc1ncnc(Nc2ccc(Cl)cc2)c1N. The lowest BCUT2D eigenvalue weighted by atomic mass is 9.91. The van der Waals surface area contributed by atoms with Crippen LogP contribution in [0.25, 0.3) is 0 Å². The fourth-order valence-corrected chi connectivity index (χ4v) is 3.96. The number of hydrogen-bond donors (Lipinski definition) is 3. The van der Waals surface area contributed by atoms with Crippen LogP contribution in [0.15, 0.2) is 67.0 Å². The van der Waals surface area contributed by atoms with E-state index in [9.17, 15) is 5.26 Å². The standard InChI is InChI=1S/C25H19Cl3N6/c1-14-10-19(20(12-29)15-2-4-16(26)5-3-15)21(28)11-22(14)34-25-23(30)24(31-13-32-25)33-18-8-6-17(27)7-9-18/h2-11,13,20H,30H2,1H3,(H2,31,32,33,34). The number of halogens is 3. The molecule has 1 aromatic heterocycles. The van der Waals surface area contributed by atoms with E-state index in [2.05, 4.69) is 26.7 Å². The first-order chi connectivity index (χ1) is 16.4. The molecule has 0 aliphatic rings. The summed E-state index contributed by atoms with van der Waals surface area (Å²) in [6.07, 6.45) is 1.41. The summed E-state index contributed by atoms with van der Waals surface area (Å²) in [5.74, 6) is 0.345. The molecule has 3 aromatic carbocycles. The predicted molar refractivity (Wildman–Crippen MR) is 140 cm³/mol. The van der Waals surface area contributed by atoms with Crippen molar-refractivity contribution in [2.45, 2.75) is 12.8 Å². The van der Waals surface area contributed by atoms with Gasteiger partial charge in [0.25, 0.3) is 0 Å². The van der Waals surface area contributed by atoms with Crippen LogP contribution in [0.1, 0.15) is 22.6 Å². The monoisotopic (exact) mass is 508 g/mol. The van der Waals surface area contributed by atoms with E-state index in [0.717, 1.165) is 16.8 Å². The highest BCUT2D eigenvalue weighted by Gasteiger charge is 2.19. The minimum Gasteiger partial charge on any atom is -0.393 e. The Morgan fingerprint density at radius 3 is 2.09 bits per heavy atom. The summed E-state index contributed by atoms with van der Waals surface area (Å²) in [5, 5.41) is 17.9. The van der Waals surface area contributed by atoms with Gasteiger partial charge < -0.3 is 16.4 Å². The molecule has 9 heteroatoms. The van der Waals surface area contributed by atoms with E-state index >= 15 is 0 Å². The van der Waals surface area contributed by atoms with Gasteiger partial charge >= 0.3 is 0 Å². The average molecular weight is 510 g/mol. The molecule has 0 aliphatic heterocycles. The molecule has 0 saturated carbocycles. The zero-order chi connectivity index (χ0) is 24.2. The molecule has 4 rings (SSSR count). The fraction of sp³-hybridized carbons (Fsp3) is 0.0800. The lowest BCUT2D eigenvalue weighted by Crippen LogP contribution is -2.06. The Kier molecular flexibility index (Phi) is 7.09. The number of nitriles is 1. The normalized spacial score (nSPS) is 11.5. The van der Waals surface area contributed by atoms with Gasteiger partial charge in [-0.3, -0.25) is 0 Å². The second-order valence-corrected chi connectivity index (χ2v) is 8.82. The Morgan fingerprint density at radius 2 is 1.47 bits per heavy atom. The van der Waals surface area contributed by atoms with Gasteiger partial charge in [0.2, 0.25) is 0 Å². The Labute approximate surface area is 212 Å². The number of nitrogens with zero attached hydrogens (tertiary/aromatic N) is 3. The highest BCUT2D eigenvalue weighted by molar-refractivity contribution is 6.32. The van der Waals surface area contributed by atoms with Gasteiger partial charge in [0.1, 0.15) is 12.0 Å². The number of aryl methyl sites for hydroxylation is 1. The van der Waals surface area contributed by atoms with Gasteiger partial charge in [-0.05, 0) is 66.1 Å². The van der Waals surface area contributed by atoms with Crippen LogP contribution in [0.4, 0.5) is 28.7 Å². The van der Waals surface area contributed by atoms with Crippen molar-refractivity contribution in [1.82, 2.24) is 9.97 Å². The van der Waals surface area contributed by atoms with Crippen molar-refractivity contribution >= 4 is 63.5 Å². The Balaban J connectivity index is 1.61. The first-order valence-electron chi connectivity index (χ1n) is 10.2. The number of nitrogens with one attached hydrogen (secondary N) is 2. The summed E-state index contributed by atoms with van der Waals surface area (Å²) in [4.78, 5) is 8.51. The van der Waals surface area contributed by atoms with E-state index in [4.69, 9.17) is 40.5 Å². The molecule has 1 atom stereocenters. The largest absolute Gasteiger partial charge is 0.393 e. The third-order valence-corrected chi connectivity index (χ3v) is 6.06. The number of hydrogen-bond acceptors (Lipinski definition) is 6. The summed E-state index contributed by atoms with van der Waals surface area (Å²) in [6, 6.07) is 20.3. The summed E-state index contributed by atoms with van der Waals surface area (Å²) in [6.45, 7) is 1.92. The second-order valence-electron chi connectivity index (χ2n) is 7.54. The number of rotatable bonds is 6. The molecule has 4 aromatic rings. The molecule has 6 nitrogen and oxygen atoms in total. The van der Waals surface area contributed by atoms with Gasteiger partial charge in [0, 0.05) is 26.4 Å². The van der Waals surface area contributed by atoms with E-state index in [-0.39, 0.29) is 0 Å². The molecular weight excluding hydrogens is 491 g/mol. The number of nitrogens with two attached hydrogens (primary N) is 1. The topological polar surface area (TPSA) is 99.6 Å². The summed E-state index contributed by atoms with van der Waals surface area (Å²) >= 11 is 18.5. The molecule has 0 amide bonds. The Bertz CT molecular complexity index is 1370. The van der Waals surface area contributed by atoms with Crippen molar-refractivity contribution in [2.75, 3.05) is 16.4 Å². The number of nitrogen functional groups attached to an aromatic ring is 1. The van der Waals surface area contributed by atoms with Gasteiger partial charge in [-0.2, -0.15) is 5.26 Å². The maximum absolute atomic E-state index is 9.82. The van der Waals surface area contributed by atoms with Gasteiger partial charge in [0.05, 0.1) is 12.0 Å². The summed E-state index contributed by atoms with van der Waals surface area (Å²) in [7, 11) is 0. The van der Waals surface area contributed by atoms with Crippen LogP contribution < -0.4 is 16.4 Å². The van der Waals surface area contributed by atoms with Crippen LogP contribution in [0.5, 0.6) is 0 Å². The molecule has 0 bridgehead atoms. The molecule has 34 heavy (non-hydrogen) atoms. The maximum atomic E-state index is 9.82. The first kappa shape index (κ1) is 23.7. The van der Waals surface area contributed by atoms with E-state index < -0.39 is 5.92 Å². The van der Waals surface area contributed by atoms with Crippen LogP contribution in [0, 0.1) is 18.3 Å². The fourth-order valence-electron chi connectivity index (χ4n) is 3.43. The number of aromatic nitrogens is 2. The van der Waals surface area contributed by atoms with Crippen LogP contribution in [0.2, 0.25) is 15.1 Å². The smallest absolute Gasteiger partial charge is 0.159 e. The van der Waals surface area contributed by atoms with Crippen molar-refractivity contribution in [1.29, 1.82) is 5.26 Å². The molecule has 4 N–H and O–H groups in total. The molecule has 0 radical (unpaired) electrons. The van der Waals surface area contributed by atoms with Gasteiger partial charge in [-0.25, -0.2) is 9.97 Å². The predicted octanol–water partition coefficient (Wildman–Crippen LogP) is 7.47. The van der Waals surface area contributed by atoms with Crippen molar-refractivity contribution in [3.05, 3.63) is 98.7 Å². The summed E-state index contributed by atoms with van der Waals surface area (Å²) in [5.41, 5.74) is 10.6. The average Bonchev–Trinajstić information content (AvgIpc) is 2.82. The Hall–Kier alpha value is -3.50. The van der Waals surface area contributed by atoms with E-state index in [1.165, 1.54) is 6.33 Å². The highest BCUT2D eigenvalue weighted by atomic mass is 35.5. The van der Waals surface area contributed by atoms with E-state index in [1.807, 2.05) is 37.3 Å². The van der Waals surface area contributed by atoms with Crippen LogP contribution in [-0.2, 0) is 0 Å². The number of benzene rings is 3. The van der Waals surface area contributed by atoms with Crippen LogP contribution >= 0.6 is 34.8 Å². The quantitative estimate of drug-likeness (QED) is 0.249. The van der Waals surface area contributed by atoms with Gasteiger partial charge in [0.15, 0.2) is 11.6 Å². The molecule has 1 heterocycles. The van der Waals surface area contributed by atoms with Crippen molar-refractivity contribution in [3.8, 4) is 6.07 Å². The highest BCUT2D eigenvalue weighted by Crippen LogP contribution is 2.36. The van der Waals surface area contributed by atoms with Crippen LogP contribution in [0.3, 0.4) is 0 Å². The Morgan fingerprint density at radius 1 is 0.882 bits per heavy atom. The third-order valence-electron chi connectivity index (χ3n) is 5.23. The number of anilines is 5. The van der Waals surface area contributed by atoms with Crippen molar-refractivity contribution in [3.63, 3.8) is 0 Å². The van der Waals surface area contributed by atoms with E-state index in [1.54, 1.807) is 30.3 Å². The summed E-state index contributed by atoms with van der Waals surface area (Å²) < 4.78 is 0.